The van der Waals surface area contributed by atoms with Crippen LogP contribution in [0.25, 0.3) is 0 Å². The van der Waals surface area contributed by atoms with Crippen molar-refractivity contribution in [1.82, 2.24) is 5.32 Å². The lowest BCUT2D eigenvalue weighted by atomic mass is 9.80. The van der Waals surface area contributed by atoms with Crippen LogP contribution in [0.4, 0.5) is 0 Å². The second-order valence-electron chi connectivity index (χ2n) is 5.11. The van der Waals surface area contributed by atoms with E-state index in [2.05, 4.69) is 26.1 Å². The van der Waals surface area contributed by atoms with Crippen LogP contribution >= 0.6 is 0 Å². The minimum atomic E-state index is 0.562. The third kappa shape index (κ3) is 0.731. The summed E-state index contributed by atoms with van der Waals surface area (Å²) in [4.78, 5) is 0. The van der Waals surface area contributed by atoms with Crippen LogP contribution in [0.2, 0.25) is 0 Å². The fourth-order valence-electron chi connectivity index (χ4n) is 2.92. The minimum absolute atomic E-state index is 0.562. The molecule has 1 heterocycles. The Bertz CT molecular complexity index is 159. The van der Waals surface area contributed by atoms with E-state index in [1.807, 2.05) is 0 Å². The number of hydrogen-bond donors (Lipinski definition) is 1. The van der Waals surface area contributed by atoms with Crippen LogP contribution in [0, 0.1) is 10.8 Å². The van der Waals surface area contributed by atoms with Crippen LogP contribution in [-0.2, 0) is 0 Å². The fourth-order valence-corrected chi connectivity index (χ4v) is 2.92. The first-order valence-electron chi connectivity index (χ1n) is 4.25. The normalized spacial score (nSPS) is 50.1. The smallest absolute Gasteiger partial charge is 0.0124 e. The molecule has 2 unspecified atom stereocenters. The first-order chi connectivity index (χ1) is 4.52. The van der Waals surface area contributed by atoms with Crippen LogP contribution in [0.15, 0.2) is 0 Å². The van der Waals surface area contributed by atoms with Gasteiger partial charge in [0.1, 0.15) is 0 Å². The maximum Gasteiger partial charge on any atom is 0.0124 e. The Hall–Kier alpha value is -0.0400. The van der Waals surface area contributed by atoms with Crippen LogP contribution in [0.3, 0.4) is 0 Å². The average molecular weight is 139 g/mol. The summed E-state index contributed by atoms with van der Waals surface area (Å²) in [6.45, 7) is 8.43. The van der Waals surface area contributed by atoms with Crippen molar-refractivity contribution in [3.05, 3.63) is 0 Å². The standard InChI is InChI=1S/C9H17N/c1-8(2)5-9(3)4-7(8)10-6-9/h7,10H,4-6H2,1-3H3. The van der Waals surface area contributed by atoms with Gasteiger partial charge in [0.15, 0.2) is 0 Å². The van der Waals surface area contributed by atoms with Gasteiger partial charge in [-0.1, -0.05) is 20.8 Å². The molecule has 0 aromatic carbocycles. The summed E-state index contributed by atoms with van der Waals surface area (Å²) in [5, 5.41) is 3.59. The monoisotopic (exact) mass is 139 g/mol. The Balaban J connectivity index is 2.25. The molecule has 0 radical (unpaired) electrons. The van der Waals surface area contributed by atoms with Gasteiger partial charge in [0.05, 0.1) is 0 Å². The van der Waals surface area contributed by atoms with E-state index in [4.69, 9.17) is 0 Å². The molecule has 1 aliphatic heterocycles. The fraction of sp³-hybridized carbons (Fsp3) is 1.00. The van der Waals surface area contributed by atoms with Crippen LogP contribution in [0.1, 0.15) is 33.6 Å². The van der Waals surface area contributed by atoms with E-state index in [1.54, 1.807) is 0 Å². The second kappa shape index (κ2) is 1.58. The number of hydrogen-bond acceptors (Lipinski definition) is 1. The summed E-state index contributed by atoms with van der Waals surface area (Å²) in [6.07, 6.45) is 2.82. The Morgan fingerprint density at radius 3 is 2.20 bits per heavy atom. The molecule has 1 nitrogen and oxygen atoms in total. The van der Waals surface area contributed by atoms with E-state index in [0.29, 0.717) is 10.8 Å². The Morgan fingerprint density at radius 1 is 1.30 bits per heavy atom. The van der Waals surface area contributed by atoms with E-state index in [9.17, 15) is 0 Å². The zero-order valence-electron chi connectivity index (χ0n) is 7.20. The van der Waals surface area contributed by atoms with Gasteiger partial charge in [0, 0.05) is 12.6 Å². The van der Waals surface area contributed by atoms with E-state index in [0.717, 1.165) is 6.04 Å². The summed E-state index contributed by atoms with van der Waals surface area (Å²) in [5.74, 6) is 0. The van der Waals surface area contributed by atoms with Crippen molar-refractivity contribution in [2.24, 2.45) is 10.8 Å². The van der Waals surface area contributed by atoms with Gasteiger partial charge in [0.25, 0.3) is 0 Å². The van der Waals surface area contributed by atoms with E-state index in [1.165, 1.54) is 19.4 Å². The number of piperidine rings is 1. The lowest BCUT2D eigenvalue weighted by Crippen LogP contribution is -2.40. The van der Waals surface area contributed by atoms with E-state index in [-0.39, 0.29) is 0 Å². The number of rotatable bonds is 0. The molecule has 0 spiro atoms. The molecule has 10 heavy (non-hydrogen) atoms. The SMILES string of the molecule is CC12CNC(C1)C(C)(C)C2. The average Bonchev–Trinajstić information content (AvgIpc) is 2.16. The molecule has 1 aliphatic carbocycles. The summed E-state index contributed by atoms with van der Waals surface area (Å²) < 4.78 is 0. The van der Waals surface area contributed by atoms with Crippen molar-refractivity contribution in [1.29, 1.82) is 0 Å². The molecule has 58 valence electrons. The molecule has 1 heteroatoms. The van der Waals surface area contributed by atoms with Gasteiger partial charge in [-0.25, -0.2) is 0 Å². The molecular formula is C9H17N. The highest BCUT2D eigenvalue weighted by Crippen LogP contribution is 2.52. The van der Waals surface area contributed by atoms with Gasteiger partial charge in [-0.15, -0.1) is 0 Å². The number of fused-ring (bicyclic) bond motifs is 2. The first-order valence-corrected chi connectivity index (χ1v) is 4.25. The lowest BCUT2D eigenvalue weighted by Gasteiger charge is -2.33. The predicted molar refractivity (Wildman–Crippen MR) is 42.9 cm³/mol. The van der Waals surface area contributed by atoms with Crippen molar-refractivity contribution in [2.75, 3.05) is 6.54 Å². The van der Waals surface area contributed by atoms with Crippen molar-refractivity contribution >= 4 is 0 Å². The molecule has 2 aliphatic rings. The molecule has 0 amide bonds. The van der Waals surface area contributed by atoms with E-state index < -0.39 is 0 Å². The lowest BCUT2D eigenvalue weighted by molar-refractivity contribution is 0.208. The molecule has 2 rings (SSSR count). The zero-order valence-corrected chi connectivity index (χ0v) is 7.20. The van der Waals surface area contributed by atoms with E-state index >= 15 is 0 Å². The highest BCUT2D eigenvalue weighted by Gasteiger charge is 2.51. The van der Waals surface area contributed by atoms with Gasteiger partial charge in [-0.2, -0.15) is 0 Å². The van der Waals surface area contributed by atoms with Crippen molar-refractivity contribution in [3.63, 3.8) is 0 Å². The second-order valence-corrected chi connectivity index (χ2v) is 5.11. The van der Waals surface area contributed by atoms with Crippen LogP contribution in [0.5, 0.6) is 0 Å². The summed E-state index contributed by atoms with van der Waals surface area (Å²) in [5.41, 5.74) is 1.20. The van der Waals surface area contributed by atoms with Crippen LogP contribution < -0.4 is 5.32 Å². The topological polar surface area (TPSA) is 12.0 Å². The van der Waals surface area contributed by atoms with Crippen molar-refractivity contribution in [3.8, 4) is 0 Å². The molecule has 1 saturated carbocycles. The molecule has 2 fully saturated rings. The first kappa shape index (κ1) is 6.66. The Morgan fingerprint density at radius 2 is 2.00 bits per heavy atom. The van der Waals surface area contributed by atoms with Gasteiger partial charge >= 0.3 is 0 Å². The summed E-state index contributed by atoms with van der Waals surface area (Å²) in [6, 6.07) is 0.803. The van der Waals surface area contributed by atoms with Gasteiger partial charge < -0.3 is 5.32 Å². The zero-order chi connectivity index (χ0) is 7.41. The summed E-state index contributed by atoms with van der Waals surface area (Å²) in [7, 11) is 0. The highest BCUT2D eigenvalue weighted by atomic mass is 15.0. The van der Waals surface area contributed by atoms with Gasteiger partial charge in [-0.3, -0.25) is 0 Å². The highest BCUT2D eigenvalue weighted by molar-refractivity contribution is 5.06. The predicted octanol–water partition coefficient (Wildman–Crippen LogP) is 1.78. The molecule has 2 atom stereocenters. The van der Waals surface area contributed by atoms with Crippen molar-refractivity contribution < 1.29 is 0 Å². The third-order valence-corrected chi connectivity index (χ3v) is 3.30. The minimum Gasteiger partial charge on any atom is -0.313 e. The van der Waals surface area contributed by atoms with Gasteiger partial charge in [0.2, 0.25) is 0 Å². The quantitative estimate of drug-likeness (QED) is 0.539. The van der Waals surface area contributed by atoms with Crippen molar-refractivity contribution in [2.45, 2.75) is 39.7 Å². The van der Waals surface area contributed by atoms with Gasteiger partial charge in [-0.05, 0) is 23.7 Å². The summed E-state index contributed by atoms with van der Waals surface area (Å²) >= 11 is 0. The van der Waals surface area contributed by atoms with Crippen LogP contribution in [-0.4, -0.2) is 12.6 Å². The molecule has 2 bridgehead atoms. The third-order valence-electron chi connectivity index (χ3n) is 3.30. The Labute approximate surface area is 63.2 Å². The molecular weight excluding hydrogens is 122 g/mol. The maximum absolute atomic E-state index is 3.59. The molecule has 0 aromatic heterocycles. The number of nitrogens with one attached hydrogen (secondary N) is 1. The Kier molecular flexibility index (Phi) is 1.05. The molecule has 1 saturated heterocycles. The maximum atomic E-state index is 3.59. The largest absolute Gasteiger partial charge is 0.313 e. The molecule has 0 aromatic rings. The molecule has 1 N–H and O–H groups in total.